The highest BCUT2D eigenvalue weighted by Gasteiger charge is 2.17. The van der Waals surface area contributed by atoms with Gasteiger partial charge in [0.05, 0.1) is 11.4 Å². The van der Waals surface area contributed by atoms with E-state index in [-0.39, 0.29) is 5.91 Å². The molecule has 144 valence electrons. The van der Waals surface area contributed by atoms with E-state index in [0.29, 0.717) is 10.9 Å². The fraction of sp³-hybridized carbons (Fsp3) is 0.444. The van der Waals surface area contributed by atoms with Gasteiger partial charge in [-0.25, -0.2) is 4.99 Å². The maximum atomic E-state index is 12.3. The Balaban J connectivity index is 1.65. The van der Waals surface area contributed by atoms with Crippen molar-refractivity contribution in [3.8, 4) is 0 Å². The van der Waals surface area contributed by atoms with Crippen LogP contribution in [0.5, 0.6) is 0 Å². The maximum absolute atomic E-state index is 12.3. The Morgan fingerprint density at radius 1 is 1.19 bits per heavy atom. The first-order chi connectivity index (χ1) is 13.2. The molecule has 0 atom stereocenters. The summed E-state index contributed by atoms with van der Waals surface area (Å²) in [5.41, 5.74) is 0.915. The summed E-state index contributed by atoms with van der Waals surface area (Å²) in [7, 11) is 0. The number of para-hydroxylation sites is 1. The molecule has 6 nitrogen and oxygen atoms in total. The molecule has 1 saturated heterocycles. The lowest BCUT2D eigenvalue weighted by Crippen LogP contribution is -2.31. The topological polar surface area (TPSA) is 70.5 Å². The van der Waals surface area contributed by atoms with Crippen molar-refractivity contribution in [2.75, 3.05) is 30.4 Å². The highest BCUT2D eigenvalue weighted by atomic mass is 32.2. The monoisotopic (exact) mass is 421 g/mol. The fourth-order valence-corrected chi connectivity index (χ4v) is 4.75. The smallest absolute Gasteiger partial charge is 0.236 e. The van der Waals surface area contributed by atoms with Crippen LogP contribution < -0.4 is 5.32 Å². The van der Waals surface area contributed by atoms with Crippen LogP contribution in [0.3, 0.4) is 0 Å². The fourth-order valence-electron chi connectivity index (χ4n) is 2.70. The molecule has 0 radical (unpaired) electrons. The molecular weight excluding hydrogens is 398 g/mol. The van der Waals surface area contributed by atoms with E-state index in [1.165, 1.54) is 60.5 Å². The molecule has 2 heterocycles. The summed E-state index contributed by atoms with van der Waals surface area (Å²) in [6.45, 7) is 1.99. The largest absolute Gasteiger partial charge is 0.351 e. The number of thioether (sulfide) groups is 2. The SMILES string of the molecule is CSc1nnc(NC(=O)CSC(=Nc2ccccc2)N2CCCCCC2)s1. The Morgan fingerprint density at radius 3 is 2.59 bits per heavy atom. The van der Waals surface area contributed by atoms with Gasteiger partial charge in [0.2, 0.25) is 11.0 Å². The van der Waals surface area contributed by atoms with Crippen LogP contribution in [-0.2, 0) is 4.79 Å². The van der Waals surface area contributed by atoms with Gasteiger partial charge < -0.3 is 4.90 Å². The van der Waals surface area contributed by atoms with E-state index in [9.17, 15) is 4.79 Å². The third kappa shape index (κ3) is 6.51. The van der Waals surface area contributed by atoms with Crippen molar-refractivity contribution in [2.45, 2.75) is 30.0 Å². The number of likely N-dealkylation sites (tertiary alicyclic amines) is 1. The summed E-state index contributed by atoms with van der Waals surface area (Å²) >= 11 is 4.39. The number of rotatable bonds is 5. The van der Waals surface area contributed by atoms with E-state index < -0.39 is 0 Å². The Kier molecular flexibility index (Phi) is 7.97. The molecule has 9 heteroatoms. The zero-order valence-electron chi connectivity index (χ0n) is 15.3. The Labute approximate surface area is 172 Å². The lowest BCUT2D eigenvalue weighted by atomic mass is 10.2. The quantitative estimate of drug-likeness (QED) is 0.332. The van der Waals surface area contributed by atoms with Gasteiger partial charge in [0.15, 0.2) is 9.51 Å². The molecule has 3 rings (SSSR count). The van der Waals surface area contributed by atoms with E-state index in [0.717, 1.165) is 28.3 Å². The summed E-state index contributed by atoms with van der Waals surface area (Å²) < 4.78 is 0.842. The van der Waals surface area contributed by atoms with E-state index in [1.54, 1.807) is 0 Å². The van der Waals surface area contributed by atoms with Crippen LogP contribution in [0.25, 0.3) is 0 Å². The van der Waals surface area contributed by atoms with Crippen molar-refractivity contribution >= 4 is 56.8 Å². The molecule has 0 saturated carbocycles. The second-order valence-electron chi connectivity index (χ2n) is 6.05. The number of nitrogens with zero attached hydrogens (tertiary/aromatic N) is 4. The van der Waals surface area contributed by atoms with Crippen molar-refractivity contribution in [3.05, 3.63) is 30.3 Å². The highest BCUT2D eigenvalue weighted by Crippen LogP contribution is 2.24. The van der Waals surface area contributed by atoms with Crippen molar-refractivity contribution in [3.63, 3.8) is 0 Å². The van der Waals surface area contributed by atoms with Crippen LogP contribution >= 0.6 is 34.9 Å². The molecule has 0 spiro atoms. The number of anilines is 1. The van der Waals surface area contributed by atoms with E-state index in [1.807, 2.05) is 36.6 Å². The van der Waals surface area contributed by atoms with Gasteiger partial charge in [-0.05, 0) is 31.2 Å². The summed E-state index contributed by atoms with van der Waals surface area (Å²) in [6.07, 6.45) is 6.80. The molecule has 1 N–H and O–H groups in total. The number of aromatic nitrogens is 2. The molecule has 1 aromatic heterocycles. The average molecular weight is 422 g/mol. The first kappa shape index (κ1) is 20.2. The number of amidine groups is 1. The van der Waals surface area contributed by atoms with Crippen LogP contribution in [-0.4, -0.2) is 51.3 Å². The summed E-state index contributed by atoms with van der Waals surface area (Å²) in [6, 6.07) is 9.92. The standard InChI is InChI=1S/C18H23N5OS3/c1-25-18-22-21-16(27-18)20-15(24)13-26-17(19-14-9-5-4-6-10-14)23-11-7-2-3-8-12-23/h4-6,9-10H,2-3,7-8,11-13H2,1H3,(H,20,21,24). The minimum absolute atomic E-state index is 0.0839. The van der Waals surface area contributed by atoms with Crippen LogP contribution in [0.4, 0.5) is 10.8 Å². The van der Waals surface area contributed by atoms with Gasteiger partial charge in [0, 0.05) is 13.1 Å². The molecular formula is C18H23N5OS3. The van der Waals surface area contributed by atoms with Gasteiger partial charge in [-0.15, -0.1) is 10.2 Å². The number of benzene rings is 1. The van der Waals surface area contributed by atoms with Crippen molar-refractivity contribution in [2.24, 2.45) is 4.99 Å². The maximum Gasteiger partial charge on any atom is 0.236 e. The molecule has 0 aliphatic carbocycles. The predicted molar refractivity (Wildman–Crippen MR) is 116 cm³/mol. The van der Waals surface area contributed by atoms with Gasteiger partial charge in [-0.1, -0.05) is 65.9 Å². The van der Waals surface area contributed by atoms with Gasteiger partial charge in [0.1, 0.15) is 0 Å². The first-order valence-corrected chi connectivity index (χ1v) is 12.0. The molecule has 0 unspecified atom stereocenters. The van der Waals surface area contributed by atoms with Crippen LogP contribution in [0, 0.1) is 0 Å². The third-order valence-corrected chi connectivity index (χ3v) is 6.85. The zero-order chi connectivity index (χ0) is 18.9. The minimum Gasteiger partial charge on any atom is -0.351 e. The number of amides is 1. The van der Waals surface area contributed by atoms with E-state index in [2.05, 4.69) is 20.4 Å². The first-order valence-electron chi connectivity index (χ1n) is 8.93. The van der Waals surface area contributed by atoms with Gasteiger partial charge >= 0.3 is 0 Å². The van der Waals surface area contributed by atoms with E-state index in [4.69, 9.17) is 4.99 Å². The number of nitrogens with one attached hydrogen (secondary N) is 1. The van der Waals surface area contributed by atoms with Crippen molar-refractivity contribution in [1.29, 1.82) is 0 Å². The zero-order valence-corrected chi connectivity index (χ0v) is 17.7. The normalized spacial score (nSPS) is 15.4. The second-order valence-corrected chi connectivity index (χ2v) is 9.02. The van der Waals surface area contributed by atoms with Crippen molar-refractivity contribution in [1.82, 2.24) is 15.1 Å². The molecule has 1 aliphatic heterocycles. The van der Waals surface area contributed by atoms with Gasteiger partial charge in [-0.3, -0.25) is 10.1 Å². The molecule has 27 heavy (non-hydrogen) atoms. The summed E-state index contributed by atoms with van der Waals surface area (Å²) in [5.74, 6) is 0.218. The molecule has 0 bridgehead atoms. The number of carbonyl (C=O) groups excluding carboxylic acids is 1. The molecule has 1 amide bonds. The van der Waals surface area contributed by atoms with Crippen molar-refractivity contribution < 1.29 is 4.79 Å². The molecule has 1 aromatic carbocycles. The van der Waals surface area contributed by atoms with Gasteiger partial charge in [0.25, 0.3) is 0 Å². The van der Waals surface area contributed by atoms with Gasteiger partial charge in [-0.2, -0.15) is 0 Å². The average Bonchev–Trinajstić information content (AvgIpc) is 2.97. The minimum atomic E-state index is -0.0839. The highest BCUT2D eigenvalue weighted by molar-refractivity contribution is 8.14. The summed E-state index contributed by atoms with van der Waals surface area (Å²) in [4.78, 5) is 19.5. The van der Waals surface area contributed by atoms with Crippen LogP contribution in [0.15, 0.2) is 39.7 Å². The lowest BCUT2D eigenvalue weighted by molar-refractivity contribution is -0.113. The third-order valence-electron chi connectivity index (χ3n) is 4.02. The molecule has 2 aromatic rings. The number of carbonyl (C=O) groups is 1. The Bertz CT molecular complexity index is 757. The number of aliphatic imine (C=N–C) groups is 1. The Morgan fingerprint density at radius 2 is 1.93 bits per heavy atom. The molecule has 1 fully saturated rings. The van der Waals surface area contributed by atoms with E-state index >= 15 is 0 Å². The second kappa shape index (κ2) is 10.7. The van der Waals surface area contributed by atoms with Crippen LogP contribution in [0.1, 0.15) is 25.7 Å². The Hall–Kier alpha value is -1.58. The van der Waals surface area contributed by atoms with Crippen LogP contribution in [0.2, 0.25) is 0 Å². The molecule has 1 aliphatic rings. The summed E-state index contributed by atoms with van der Waals surface area (Å²) in [5, 5.41) is 12.3. The lowest BCUT2D eigenvalue weighted by Gasteiger charge is -2.23. The predicted octanol–water partition coefficient (Wildman–Crippen LogP) is 4.50. The number of hydrogen-bond acceptors (Lipinski definition) is 7. The number of hydrogen-bond donors (Lipinski definition) is 1.